The fourth-order valence-corrected chi connectivity index (χ4v) is 3.22. The fourth-order valence-electron chi connectivity index (χ4n) is 2.80. The van der Waals surface area contributed by atoms with Crippen LogP contribution in [0.2, 0.25) is 0 Å². The van der Waals surface area contributed by atoms with Gasteiger partial charge in [0, 0.05) is 10.2 Å². The number of fused-ring (bicyclic) bond motifs is 1. The first kappa shape index (κ1) is 15.0. The minimum Gasteiger partial charge on any atom is -0.497 e. The Morgan fingerprint density at radius 2 is 2.00 bits per heavy atom. The molecule has 1 aliphatic rings. The molecule has 2 aromatic carbocycles. The maximum atomic E-state index is 5.23. The predicted octanol–water partition coefficient (Wildman–Crippen LogP) is 4.11. The lowest BCUT2D eigenvalue weighted by atomic mass is 10.0. The van der Waals surface area contributed by atoms with Crippen LogP contribution in [0.5, 0.6) is 5.75 Å². The van der Waals surface area contributed by atoms with Crippen LogP contribution in [0.3, 0.4) is 0 Å². The lowest BCUT2D eigenvalue weighted by Crippen LogP contribution is -2.20. The number of nitrogens with one attached hydrogen (secondary N) is 1. The van der Waals surface area contributed by atoms with Crippen LogP contribution >= 0.6 is 15.9 Å². The third kappa shape index (κ3) is 2.69. The Morgan fingerprint density at radius 1 is 1.17 bits per heavy atom. The Hall–Kier alpha value is -2.60. The van der Waals surface area contributed by atoms with Gasteiger partial charge in [-0.15, -0.1) is 0 Å². The number of aromatic nitrogens is 3. The molecule has 4 rings (SSSR count). The van der Waals surface area contributed by atoms with E-state index in [0.717, 1.165) is 33.0 Å². The van der Waals surface area contributed by atoms with E-state index in [-0.39, 0.29) is 6.04 Å². The van der Waals surface area contributed by atoms with Gasteiger partial charge in [0.1, 0.15) is 18.1 Å². The van der Waals surface area contributed by atoms with Crippen molar-refractivity contribution in [3.63, 3.8) is 0 Å². The molecule has 120 valence electrons. The van der Waals surface area contributed by atoms with E-state index >= 15 is 0 Å². The molecule has 0 radical (unpaired) electrons. The fraction of sp³-hybridized carbons (Fsp3) is 0.111. The minimum absolute atomic E-state index is 0.0154. The monoisotopic (exact) mass is 382 g/mol. The lowest BCUT2D eigenvalue weighted by Gasteiger charge is -2.24. The largest absolute Gasteiger partial charge is 0.497 e. The molecule has 1 atom stereocenters. The van der Waals surface area contributed by atoms with Crippen molar-refractivity contribution >= 4 is 27.6 Å². The highest BCUT2D eigenvalue weighted by atomic mass is 79.9. The number of ether oxygens (including phenoxy) is 1. The number of nitrogens with zero attached hydrogens (tertiary/aromatic N) is 3. The van der Waals surface area contributed by atoms with E-state index in [0.29, 0.717) is 0 Å². The molecule has 5 nitrogen and oxygen atoms in total. The van der Waals surface area contributed by atoms with Crippen molar-refractivity contribution < 1.29 is 4.74 Å². The summed E-state index contributed by atoms with van der Waals surface area (Å²) in [5, 5.41) is 7.71. The van der Waals surface area contributed by atoms with Crippen molar-refractivity contribution in [2.45, 2.75) is 6.04 Å². The summed E-state index contributed by atoms with van der Waals surface area (Å²) < 4.78 is 8.16. The maximum Gasteiger partial charge on any atom is 0.226 e. The molecule has 0 spiro atoms. The molecule has 1 N–H and O–H groups in total. The molecule has 3 aromatic rings. The number of hydrogen-bond donors (Lipinski definition) is 1. The summed E-state index contributed by atoms with van der Waals surface area (Å²) in [5.41, 5.74) is 3.22. The topological polar surface area (TPSA) is 52.0 Å². The molecule has 0 saturated carbocycles. The number of hydrogen-bond acceptors (Lipinski definition) is 4. The second-order valence-electron chi connectivity index (χ2n) is 5.46. The van der Waals surface area contributed by atoms with Crippen LogP contribution in [0, 0.1) is 0 Å². The molecule has 0 bridgehead atoms. The Balaban J connectivity index is 1.78. The highest BCUT2D eigenvalue weighted by molar-refractivity contribution is 9.10. The molecule has 0 fully saturated rings. The smallest absolute Gasteiger partial charge is 0.226 e. The van der Waals surface area contributed by atoms with Gasteiger partial charge in [-0.1, -0.05) is 28.1 Å². The van der Waals surface area contributed by atoms with Crippen molar-refractivity contribution in [2.24, 2.45) is 0 Å². The third-order valence-corrected chi connectivity index (χ3v) is 4.49. The van der Waals surface area contributed by atoms with Crippen molar-refractivity contribution in [1.29, 1.82) is 0 Å². The van der Waals surface area contributed by atoms with Crippen LogP contribution < -0.4 is 10.1 Å². The number of benzene rings is 2. The lowest BCUT2D eigenvalue weighted by molar-refractivity contribution is 0.415. The summed E-state index contributed by atoms with van der Waals surface area (Å²) >= 11 is 3.54. The maximum absolute atomic E-state index is 5.23. The first-order chi connectivity index (χ1) is 11.7. The quantitative estimate of drug-likeness (QED) is 0.740. The minimum atomic E-state index is -0.0154. The summed E-state index contributed by atoms with van der Waals surface area (Å²) in [4.78, 5) is 4.33. The SMILES string of the molecule is COc1ccc(C2=CC(c3cccc(Br)c3)n3ncnc3N2)cc1. The highest BCUT2D eigenvalue weighted by Crippen LogP contribution is 2.33. The number of allylic oxidation sites excluding steroid dienone is 1. The first-order valence-corrected chi connectivity index (χ1v) is 8.32. The summed E-state index contributed by atoms with van der Waals surface area (Å²) in [6.07, 6.45) is 3.73. The van der Waals surface area contributed by atoms with Crippen molar-refractivity contribution in [3.8, 4) is 5.75 Å². The molecule has 2 heterocycles. The van der Waals surface area contributed by atoms with Crippen LogP contribution in [0.4, 0.5) is 5.95 Å². The van der Waals surface area contributed by atoms with Gasteiger partial charge in [0.05, 0.1) is 7.11 Å². The van der Waals surface area contributed by atoms with Crippen molar-refractivity contribution in [2.75, 3.05) is 12.4 Å². The normalized spacial score (nSPS) is 16.1. The van der Waals surface area contributed by atoms with Crippen LogP contribution in [-0.2, 0) is 0 Å². The molecule has 6 heteroatoms. The van der Waals surface area contributed by atoms with Gasteiger partial charge in [0.15, 0.2) is 0 Å². The van der Waals surface area contributed by atoms with Crippen molar-refractivity contribution in [1.82, 2.24) is 14.8 Å². The summed E-state index contributed by atoms with van der Waals surface area (Å²) in [5.74, 6) is 1.56. The highest BCUT2D eigenvalue weighted by Gasteiger charge is 2.23. The van der Waals surface area contributed by atoms with Crippen LogP contribution in [0.25, 0.3) is 5.70 Å². The van der Waals surface area contributed by atoms with Gasteiger partial charge in [-0.2, -0.15) is 10.1 Å². The molecular formula is C18H15BrN4O. The van der Waals surface area contributed by atoms with Gasteiger partial charge in [0.25, 0.3) is 0 Å². The van der Waals surface area contributed by atoms with E-state index in [4.69, 9.17) is 4.74 Å². The van der Waals surface area contributed by atoms with Crippen molar-refractivity contribution in [3.05, 3.63) is 76.5 Å². The van der Waals surface area contributed by atoms with Crippen LogP contribution in [0.1, 0.15) is 17.2 Å². The molecule has 0 amide bonds. The zero-order valence-electron chi connectivity index (χ0n) is 13.0. The number of halogens is 1. The Morgan fingerprint density at radius 3 is 2.75 bits per heavy atom. The number of anilines is 1. The van der Waals surface area contributed by atoms with Gasteiger partial charge in [-0.25, -0.2) is 4.68 Å². The number of rotatable bonds is 3. The van der Waals surface area contributed by atoms with E-state index in [1.54, 1.807) is 13.4 Å². The molecular weight excluding hydrogens is 368 g/mol. The molecule has 0 aliphatic carbocycles. The second kappa shape index (κ2) is 6.13. The average Bonchev–Trinajstić information content (AvgIpc) is 3.09. The molecule has 0 saturated heterocycles. The van der Waals surface area contributed by atoms with Gasteiger partial charge < -0.3 is 10.1 Å². The second-order valence-corrected chi connectivity index (χ2v) is 6.38. The predicted molar refractivity (Wildman–Crippen MR) is 96.9 cm³/mol. The van der Waals surface area contributed by atoms with E-state index in [2.05, 4.69) is 49.5 Å². The Bertz CT molecular complexity index is 901. The first-order valence-electron chi connectivity index (χ1n) is 7.53. The Labute approximate surface area is 148 Å². The Kier molecular flexibility index (Phi) is 3.82. The van der Waals surface area contributed by atoms with Crippen LogP contribution in [-0.4, -0.2) is 21.9 Å². The standard InChI is InChI=1S/C18H15BrN4O/c1-24-15-7-5-12(6-8-15)16-10-17(13-3-2-4-14(19)9-13)23-18(22-16)20-11-21-23/h2-11,17H,1H3,(H,20,21,22). The summed E-state index contributed by atoms with van der Waals surface area (Å²) in [6, 6.07) is 16.2. The molecule has 1 unspecified atom stereocenters. The molecule has 24 heavy (non-hydrogen) atoms. The van der Waals surface area contributed by atoms with E-state index in [1.165, 1.54) is 0 Å². The van der Waals surface area contributed by atoms with Crippen LogP contribution in [0.15, 0.2) is 65.4 Å². The summed E-state index contributed by atoms with van der Waals surface area (Å²) in [6.45, 7) is 0. The molecule has 1 aromatic heterocycles. The number of methoxy groups -OCH3 is 1. The summed E-state index contributed by atoms with van der Waals surface area (Å²) in [7, 11) is 1.67. The zero-order chi connectivity index (χ0) is 16.5. The van der Waals surface area contributed by atoms with Gasteiger partial charge in [0.2, 0.25) is 5.95 Å². The zero-order valence-corrected chi connectivity index (χ0v) is 14.6. The van der Waals surface area contributed by atoms with E-state index in [9.17, 15) is 0 Å². The van der Waals surface area contributed by atoms with Gasteiger partial charge in [-0.3, -0.25) is 0 Å². The molecule has 1 aliphatic heterocycles. The van der Waals surface area contributed by atoms with E-state index in [1.807, 2.05) is 41.1 Å². The van der Waals surface area contributed by atoms with E-state index < -0.39 is 0 Å². The third-order valence-electron chi connectivity index (χ3n) is 4.00. The van der Waals surface area contributed by atoms with Gasteiger partial charge >= 0.3 is 0 Å². The van der Waals surface area contributed by atoms with Gasteiger partial charge in [-0.05, 0) is 53.6 Å². The average molecular weight is 383 g/mol.